The van der Waals surface area contributed by atoms with Crippen molar-refractivity contribution in [1.29, 1.82) is 0 Å². The van der Waals surface area contributed by atoms with Crippen molar-refractivity contribution >= 4 is 11.8 Å². The molecule has 0 saturated carbocycles. The summed E-state index contributed by atoms with van der Waals surface area (Å²) in [6.45, 7) is 1.93. The molecule has 3 heteroatoms. The van der Waals surface area contributed by atoms with E-state index in [1.807, 2.05) is 19.1 Å². The van der Waals surface area contributed by atoms with Crippen LogP contribution in [0.2, 0.25) is 0 Å². The van der Waals surface area contributed by atoms with Crippen molar-refractivity contribution in [2.45, 2.75) is 6.92 Å². The van der Waals surface area contributed by atoms with Crippen LogP contribution in [-0.4, -0.2) is 10.2 Å². The van der Waals surface area contributed by atoms with Crippen LogP contribution in [-0.2, 0) is 0 Å². The van der Waals surface area contributed by atoms with Crippen LogP contribution in [0.15, 0.2) is 12.3 Å². The highest BCUT2D eigenvalue weighted by atomic mass is 15.1. The summed E-state index contributed by atoms with van der Waals surface area (Å²) in [6, 6.07) is 0. The number of rotatable bonds is 1. The second-order valence-corrected chi connectivity index (χ2v) is 1.74. The lowest BCUT2D eigenvalue weighted by Crippen LogP contribution is -1.83. The van der Waals surface area contributed by atoms with E-state index < -0.39 is 0 Å². The summed E-state index contributed by atoms with van der Waals surface area (Å²) in [5.74, 6) is 0. The molecule has 0 amide bonds. The molecule has 0 aliphatic rings. The first kappa shape index (κ1) is 5.88. The molecule has 0 atom stereocenters. The Morgan fingerprint density at radius 3 is 3.00 bits per heavy atom. The lowest BCUT2D eigenvalue weighted by Gasteiger charge is -1.84. The Labute approximate surface area is 53.6 Å². The van der Waals surface area contributed by atoms with E-state index >= 15 is 0 Å². The summed E-state index contributed by atoms with van der Waals surface area (Å²) >= 11 is 0. The first-order valence-corrected chi connectivity index (χ1v) is 2.76. The molecule has 9 heavy (non-hydrogen) atoms. The predicted molar refractivity (Wildman–Crippen MR) is 37.7 cm³/mol. The SMILES string of the molecule is CC=Cc1[nH]ncc1N. The topological polar surface area (TPSA) is 54.7 Å². The van der Waals surface area contributed by atoms with Gasteiger partial charge in [0.2, 0.25) is 0 Å². The molecule has 1 rings (SSSR count). The first-order valence-electron chi connectivity index (χ1n) is 2.76. The molecule has 0 radical (unpaired) electrons. The average molecular weight is 123 g/mol. The minimum Gasteiger partial charge on any atom is -0.396 e. The van der Waals surface area contributed by atoms with E-state index in [-0.39, 0.29) is 0 Å². The van der Waals surface area contributed by atoms with E-state index in [1.165, 1.54) is 0 Å². The van der Waals surface area contributed by atoms with Crippen molar-refractivity contribution in [1.82, 2.24) is 10.2 Å². The van der Waals surface area contributed by atoms with Gasteiger partial charge in [0, 0.05) is 0 Å². The van der Waals surface area contributed by atoms with Crippen LogP contribution < -0.4 is 5.73 Å². The Balaban J connectivity index is 2.94. The molecule has 1 aromatic rings. The maximum Gasteiger partial charge on any atom is 0.0804 e. The van der Waals surface area contributed by atoms with Crippen LogP contribution >= 0.6 is 0 Å². The van der Waals surface area contributed by atoms with Crippen molar-refractivity contribution in [3.63, 3.8) is 0 Å². The summed E-state index contributed by atoms with van der Waals surface area (Å²) in [5.41, 5.74) is 7.04. The Morgan fingerprint density at radius 2 is 2.56 bits per heavy atom. The summed E-state index contributed by atoms with van der Waals surface area (Å²) in [4.78, 5) is 0. The normalized spacial score (nSPS) is 10.8. The smallest absolute Gasteiger partial charge is 0.0804 e. The molecule has 0 unspecified atom stereocenters. The second-order valence-electron chi connectivity index (χ2n) is 1.74. The van der Waals surface area contributed by atoms with Crippen molar-refractivity contribution in [3.8, 4) is 0 Å². The Kier molecular flexibility index (Phi) is 1.53. The molecule has 3 nitrogen and oxygen atoms in total. The fourth-order valence-electron chi connectivity index (χ4n) is 0.606. The highest BCUT2D eigenvalue weighted by Gasteiger charge is 1.92. The molecule has 0 spiro atoms. The second kappa shape index (κ2) is 2.35. The number of allylic oxidation sites excluding steroid dienone is 1. The quantitative estimate of drug-likeness (QED) is 0.585. The van der Waals surface area contributed by atoms with Gasteiger partial charge in [0.15, 0.2) is 0 Å². The third-order valence-electron chi connectivity index (χ3n) is 1.03. The third-order valence-corrected chi connectivity index (χ3v) is 1.03. The van der Waals surface area contributed by atoms with E-state index in [2.05, 4.69) is 10.2 Å². The van der Waals surface area contributed by atoms with Gasteiger partial charge in [0.05, 0.1) is 17.6 Å². The summed E-state index contributed by atoms with van der Waals surface area (Å²) in [6.07, 6.45) is 5.38. The van der Waals surface area contributed by atoms with Crippen LogP contribution in [0.5, 0.6) is 0 Å². The Morgan fingerprint density at radius 1 is 1.78 bits per heavy atom. The zero-order valence-electron chi connectivity index (χ0n) is 5.26. The molecule has 0 aromatic carbocycles. The number of hydrogen-bond donors (Lipinski definition) is 2. The van der Waals surface area contributed by atoms with E-state index in [1.54, 1.807) is 6.20 Å². The number of nitrogens with one attached hydrogen (secondary N) is 1. The largest absolute Gasteiger partial charge is 0.396 e. The molecule has 3 N–H and O–H groups in total. The van der Waals surface area contributed by atoms with Gasteiger partial charge in [0.1, 0.15) is 0 Å². The van der Waals surface area contributed by atoms with Gasteiger partial charge in [-0.2, -0.15) is 5.10 Å². The van der Waals surface area contributed by atoms with Gasteiger partial charge < -0.3 is 5.73 Å². The number of nitrogens with two attached hydrogens (primary N) is 1. The highest BCUT2D eigenvalue weighted by molar-refractivity contribution is 5.59. The molecule has 1 aromatic heterocycles. The molecule has 1 heterocycles. The van der Waals surface area contributed by atoms with Gasteiger partial charge in [-0.3, -0.25) is 5.10 Å². The number of aromatic amines is 1. The molecule has 0 fully saturated rings. The van der Waals surface area contributed by atoms with Gasteiger partial charge >= 0.3 is 0 Å². The number of anilines is 1. The standard InChI is InChI=1S/C6H9N3/c1-2-3-6-5(7)4-8-9-6/h2-4H,7H2,1H3,(H,8,9). The molecule has 0 bridgehead atoms. The van der Waals surface area contributed by atoms with Crippen LogP contribution in [0.1, 0.15) is 12.6 Å². The zero-order chi connectivity index (χ0) is 6.69. The van der Waals surface area contributed by atoms with Crippen LogP contribution in [0.3, 0.4) is 0 Å². The zero-order valence-corrected chi connectivity index (χ0v) is 5.26. The number of nitrogens with zero attached hydrogens (tertiary/aromatic N) is 1. The van der Waals surface area contributed by atoms with Crippen molar-refractivity contribution in [3.05, 3.63) is 18.0 Å². The average Bonchev–Trinajstić information content (AvgIpc) is 2.18. The number of H-pyrrole nitrogens is 1. The lowest BCUT2D eigenvalue weighted by atomic mass is 10.3. The number of hydrogen-bond acceptors (Lipinski definition) is 2. The third kappa shape index (κ3) is 1.10. The number of aromatic nitrogens is 2. The molecular weight excluding hydrogens is 114 g/mol. The maximum absolute atomic E-state index is 5.48. The van der Waals surface area contributed by atoms with E-state index in [4.69, 9.17) is 5.73 Å². The minimum absolute atomic E-state index is 0.688. The van der Waals surface area contributed by atoms with Gasteiger partial charge in [-0.25, -0.2) is 0 Å². The van der Waals surface area contributed by atoms with Gasteiger partial charge in [-0.1, -0.05) is 6.08 Å². The Bertz CT molecular complexity index is 212. The van der Waals surface area contributed by atoms with Crippen molar-refractivity contribution in [2.75, 3.05) is 5.73 Å². The maximum atomic E-state index is 5.48. The molecule has 48 valence electrons. The fraction of sp³-hybridized carbons (Fsp3) is 0.167. The van der Waals surface area contributed by atoms with Gasteiger partial charge in [-0.05, 0) is 13.0 Å². The minimum atomic E-state index is 0.688. The van der Waals surface area contributed by atoms with Crippen molar-refractivity contribution in [2.24, 2.45) is 0 Å². The molecule has 0 aliphatic heterocycles. The van der Waals surface area contributed by atoms with Crippen LogP contribution in [0, 0.1) is 0 Å². The van der Waals surface area contributed by atoms with Crippen molar-refractivity contribution < 1.29 is 0 Å². The first-order chi connectivity index (χ1) is 4.34. The summed E-state index contributed by atoms with van der Waals surface area (Å²) in [7, 11) is 0. The van der Waals surface area contributed by atoms with E-state index in [0.29, 0.717) is 5.69 Å². The van der Waals surface area contributed by atoms with Gasteiger partial charge in [-0.15, -0.1) is 0 Å². The molecule has 0 aliphatic carbocycles. The monoisotopic (exact) mass is 123 g/mol. The summed E-state index contributed by atoms with van der Waals surface area (Å²) < 4.78 is 0. The van der Waals surface area contributed by atoms with Gasteiger partial charge in [0.25, 0.3) is 0 Å². The van der Waals surface area contributed by atoms with Crippen LogP contribution in [0.25, 0.3) is 6.08 Å². The lowest BCUT2D eigenvalue weighted by molar-refractivity contribution is 1.08. The Hall–Kier alpha value is -1.25. The molecule has 0 saturated heterocycles. The number of nitrogen functional groups attached to an aromatic ring is 1. The highest BCUT2D eigenvalue weighted by Crippen LogP contribution is 2.06. The fourth-order valence-corrected chi connectivity index (χ4v) is 0.606. The molecular formula is C6H9N3. The summed E-state index contributed by atoms with van der Waals surface area (Å²) in [5, 5.41) is 6.48. The van der Waals surface area contributed by atoms with Crippen LogP contribution in [0.4, 0.5) is 5.69 Å². The predicted octanol–water partition coefficient (Wildman–Crippen LogP) is 1.02. The van der Waals surface area contributed by atoms with E-state index in [0.717, 1.165) is 5.69 Å². The van der Waals surface area contributed by atoms with E-state index in [9.17, 15) is 0 Å².